The lowest BCUT2D eigenvalue weighted by Crippen LogP contribution is -2.46. The van der Waals surface area contributed by atoms with Crippen LogP contribution in [0.4, 0.5) is 5.69 Å². The maximum Gasteiger partial charge on any atom is 0.254 e. The van der Waals surface area contributed by atoms with Crippen molar-refractivity contribution >= 4 is 11.6 Å². The van der Waals surface area contributed by atoms with E-state index in [-0.39, 0.29) is 5.91 Å². The minimum absolute atomic E-state index is 0.117. The summed E-state index contributed by atoms with van der Waals surface area (Å²) >= 11 is 0. The smallest absolute Gasteiger partial charge is 0.254 e. The van der Waals surface area contributed by atoms with Gasteiger partial charge in [0.15, 0.2) is 0 Å². The second kappa shape index (κ2) is 12.0. The molecule has 2 aliphatic heterocycles. The van der Waals surface area contributed by atoms with Crippen molar-refractivity contribution in [2.75, 3.05) is 44.7 Å². The maximum atomic E-state index is 13.3. The lowest BCUT2D eigenvalue weighted by atomic mass is 9.88. The molecular weight excluding hydrogens is 494 g/mol. The monoisotopic (exact) mass is 531 g/mol. The summed E-state index contributed by atoms with van der Waals surface area (Å²) in [6.45, 7) is 6.33. The molecule has 5 heteroatoms. The molecule has 0 atom stereocenters. The molecule has 0 aromatic heterocycles. The third-order valence-corrected chi connectivity index (χ3v) is 8.36. The Morgan fingerprint density at radius 2 is 1.48 bits per heavy atom. The molecule has 0 N–H and O–H groups in total. The number of anilines is 1. The molecule has 2 heterocycles. The van der Waals surface area contributed by atoms with E-state index in [2.05, 4.69) is 88.7 Å². The summed E-state index contributed by atoms with van der Waals surface area (Å²) in [5.41, 5.74) is 6.96. The summed E-state index contributed by atoms with van der Waals surface area (Å²) in [7, 11) is 1.67. The molecule has 6 rings (SSSR count). The lowest BCUT2D eigenvalue weighted by Gasteiger charge is -2.37. The van der Waals surface area contributed by atoms with Crippen molar-refractivity contribution < 1.29 is 9.53 Å². The van der Waals surface area contributed by atoms with Gasteiger partial charge in [0.25, 0.3) is 5.91 Å². The van der Waals surface area contributed by atoms with E-state index >= 15 is 0 Å². The third kappa shape index (κ3) is 5.75. The molecule has 1 fully saturated rings. The highest BCUT2D eigenvalue weighted by molar-refractivity contribution is 5.99. The molecular formula is C35H37N3O2. The van der Waals surface area contributed by atoms with Gasteiger partial charge in [-0.3, -0.25) is 9.69 Å². The fourth-order valence-electron chi connectivity index (χ4n) is 6.10. The summed E-state index contributed by atoms with van der Waals surface area (Å²) in [5.74, 6) is 1.34. The molecule has 0 aliphatic carbocycles. The molecule has 204 valence electrons. The van der Waals surface area contributed by atoms with E-state index in [1.54, 1.807) is 7.11 Å². The Bertz CT molecular complexity index is 1390. The van der Waals surface area contributed by atoms with Gasteiger partial charge < -0.3 is 14.5 Å². The SMILES string of the molecule is COc1cccc(CN2Cc3ccc(N4CCN(CCC(c5ccccc5)c5ccccc5)CC4)cc3C2=O)c1. The Hall–Kier alpha value is -4.09. The standard InChI is InChI=1S/C35H37N3O2/c1-40-32-14-8-9-27(23-32)25-38-26-30-15-16-31(24-34(30)35(38)39)37-21-19-36(20-22-37)18-17-33(28-10-4-2-5-11-28)29-12-6-3-7-13-29/h2-16,23-24,33H,17-22,25-26H2,1H3. The number of ether oxygens (including phenoxy) is 1. The van der Waals surface area contributed by atoms with Crippen molar-refractivity contribution in [3.63, 3.8) is 0 Å². The second-order valence-corrected chi connectivity index (χ2v) is 10.8. The number of hydrogen-bond donors (Lipinski definition) is 0. The summed E-state index contributed by atoms with van der Waals surface area (Å²) in [6.07, 6.45) is 1.10. The van der Waals surface area contributed by atoms with E-state index < -0.39 is 0 Å². The average molecular weight is 532 g/mol. The molecule has 4 aromatic carbocycles. The van der Waals surface area contributed by atoms with Crippen LogP contribution in [-0.4, -0.2) is 55.5 Å². The topological polar surface area (TPSA) is 36.0 Å². The van der Waals surface area contributed by atoms with E-state index in [1.165, 1.54) is 11.1 Å². The first-order chi connectivity index (χ1) is 19.7. The number of carbonyl (C=O) groups excluding carboxylic acids is 1. The predicted octanol–water partition coefficient (Wildman–Crippen LogP) is 6.20. The molecule has 4 aromatic rings. The first-order valence-electron chi connectivity index (χ1n) is 14.3. The largest absolute Gasteiger partial charge is 0.497 e. The zero-order valence-electron chi connectivity index (χ0n) is 23.2. The Kier molecular flexibility index (Phi) is 7.83. The molecule has 5 nitrogen and oxygen atoms in total. The quantitative estimate of drug-likeness (QED) is 0.258. The van der Waals surface area contributed by atoms with Gasteiger partial charge >= 0.3 is 0 Å². The number of rotatable bonds is 9. The molecule has 40 heavy (non-hydrogen) atoms. The van der Waals surface area contributed by atoms with Gasteiger partial charge in [-0.05, 0) is 59.5 Å². The van der Waals surface area contributed by atoms with Crippen molar-refractivity contribution in [1.29, 1.82) is 0 Å². The minimum Gasteiger partial charge on any atom is -0.497 e. The Morgan fingerprint density at radius 1 is 0.775 bits per heavy atom. The summed E-state index contributed by atoms with van der Waals surface area (Å²) in [4.78, 5) is 20.2. The number of benzene rings is 4. The molecule has 0 radical (unpaired) electrons. The number of hydrogen-bond acceptors (Lipinski definition) is 4. The number of piperazine rings is 1. The van der Waals surface area contributed by atoms with Gasteiger partial charge in [0.1, 0.15) is 5.75 Å². The highest BCUT2D eigenvalue weighted by Gasteiger charge is 2.29. The highest BCUT2D eigenvalue weighted by atomic mass is 16.5. The van der Waals surface area contributed by atoms with Crippen LogP contribution in [-0.2, 0) is 13.1 Å². The minimum atomic E-state index is 0.117. The molecule has 0 unspecified atom stereocenters. The molecule has 0 saturated carbocycles. The zero-order valence-corrected chi connectivity index (χ0v) is 23.2. The lowest BCUT2D eigenvalue weighted by molar-refractivity contribution is 0.0766. The van der Waals surface area contributed by atoms with Crippen molar-refractivity contribution in [2.24, 2.45) is 0 Å². The van der Waals surface area contributed by atoms with Crippen LogP contribution in [0.1, 0.15) is 45.0 Å². The summed E-state index contributed by atoms with van der Waals surface area (Å²) in [6, 6.07) is 36.2. The molecule has 1 amide bonds. The van der Waals surface area contributed by atoms with Crippen LogP contribution < -0.4 is 9.64 Å². The Labute approximate surface area is 237 Å². The van der Waals surface area contributed by atoms with Crippen LogP contribution in [0.25, 0.3) is 0 Å². The summed E-state index contributed by atoms with van der Waals surface area (Å²) < 4.78 is 5.35. The molecule has 0 spiro atoms. The van der Waals surface area contributed by atoms with Crippen LogP contribution in [0.15, 0.2) is 103 Å². The van der Waals surface area contributed by atoms with Crippen LogP contribution in [0, 0.1) is 0 Å². The van der Waals surface area contributed by atoms with Crippen molar-refractivity contribution in [3.8, 4) is 5.75 Å². The first-order valence-corrected chi connectivity index (χ1v) is 14.3. The van der Waals surface area contributed by atoms with Crippen LogP contribution >= 0.6 is 0 Å². The average Bonchev–Trinajstić information content (AvgIpc) is 3.32. The number of carbonyl (C=O) groups is 1. The third-order valence-electron chi connectivity index (χ3n) is 8.36. The number of fused-ring (bicyclic) bond motifs is 1. The van der Waals surface area contributed by atoms with Gasteiger partial charge in [-0.2, -0.15) is 0 Å². The van der Waals surface area contributed by atoms with E-state index in [0.29, 0.717) is 19.0 Å². The Balaban J connectivity index is 1.06. The van der Waals surface area contributed by atoms with Crippen LogP contribution in [0.2, 0.25) is 0 Å². The van der Waals surface area contributed by atoms with E-state index in [0.717, 1.165) is 67.3 Å². The number of nitrogens with zero attached hydrogens (tertiary/aromatic N) is 3. The van der Waals surface area contributed by atoms with Gasteiger partial charge in [-0.1, -0.05) is 78.9 Å². The van der Waals surface area contributed by atoms with Crippen LogP contribution in [0.5, 0.6) is 5.75 Å². The van der Waals surface area contributed by atoms with Gasteiger partial charge in [0, 0.05) is 56.4 Å². The molecule has 0 bridgehead atoms. The molecule has 2 aliphatic rings. The fraction of sp³-hybridized carbons (Fsp3) is 0.286. The maximum absolute atomic E-state index is 13.3. The number of methoxy groups -OCH3 is 1. The fourth-order valence-corrected chi connectivity index (χ4v) is 6.10. The van der Waals surface area contributed by atoms with Crippen molar-refractivity contribution in [3.05, 3.63) is 131 Å². The van der Waals surface area contributed by atoms with Gasteiger partial charge in [0.2, 0.25) is 0 Å². The molecule has 1 saturated heterocycles. The highest BCUT2D eigenvalue weighted by Crippen LogP contribution is 2.31. The van der Waals surface area contributed by atoms with Crippen LogP contribution in [0.3, 0.4) is 0 Å². The Morgan fingerprint density at radius 3 is 2.15 bits per heavy atom. The normalized spacial score (nSPS) is 15.5. The first kappa shape index (κ1) is 26.1. The number of amides is 1. The van der Waals surface area contributed by atoms with Crippen molar-refractivity contribution in [2.45, 2.75) is 25.4 Å². The van der Waals surface area contributed by atoms with Gasteiger partial charge in [-0.15, -0.1) is 0 Å². The summed E-state index contributed by atoms with van der Waals surface area (Å²) in [5, 5.41) is 0. The van der Waals surface area contributed by atoms with Gasteiger partial charge in [-0.25, -0.2) is 0 Å². The van der Waals surface area contributed by atoms with E-state index in [9.17, 15) is 4.79 Å². The predicted molar refractivity (Wildman–Crippen MR) is 161 cm³/mol. The second-order valence-electron chi connectivity index (χ2n) is 10.8. The van der Waals surface area contributed by atoms with Gasteiger partial charge in [0.05, 0.1) is 7.11 Å². The zero-order chi connectivity index (χ0) is 27.3. The van der Waals surface area contributed by atoms with Crippen molar-refractivity contribution in [1.82, 2.24) is 9.80 Å². The van der Waals surface area contributed by atoms with E-state index in [4.69, 9.17) is 4.74 Å². The van der Waals surface area contributed by atoms with E-state index in [1.807, 2.05) is 29.2 Å².